The van der Waals surface area contributed by atoms with Crippen LogP contribution in [0.5, 0.6) is 0 Å². The molecule has 0 radical (unpaired) electrons. The normalized spacial score (nSPS) is 9.70. The highest BCUT2D eigenvalue weighted by molar-refractivity contribution is 9.10. The second kappa shape index (κ2) is 8.90. The van der Waals surface area contributed by atoms with Crippen molar-refractivity contribution in [3.8, 4) is 17.2 Å². The van der Waals surface area contributed by atoms with Crippen molar-refractivity contribution >= 4 is 27.8 Å². The summed E-state index contributed by atoms with van der Waals surface area (Å²) in [5.41, 5.74) is 10.5. The van der Waals surface area contributed by atoms with Crippen molar-refractivity contribution in [2.24, 2.45) is 0 Å². The third-order valence-corrected chi connectivity index (χ3v) is 4.38. The Morgan fingerprint density at radius 2 is 1.85 bits per heavy atom. The van der Waals surface area contributed by atoms with Crippen LogP contribution in [0.3, 0.4) is 0 Å². The summed E-state index contributed by atoms with van der Waals surface area (Å²) in [7, 11) is 0. The summed E-state index contributed by atoms with van der Waals surface area (Å²) in [6.07, 6.45) is 2.25. The number of nitrogens with two attached hydrogens (primary N) is 1. The molecule has 3 aromatic rings. The molecule has 0 saturated heterocycles. The lowest BCUT2D eigenvalue weighted by Gasteiger charge is -2.09. The fourth-order valence-electron chi connectivity index (χ4n) is 2.48. The fourth-order valence-corrected chi connectivity index (χ4v) is 2.81. The van der Waals surface area contributed by atoms with Gasteiger partial charge in [-0.25, -0.2) is 9.37 Å². The van der Waals surface area contributed by atoms with Crippen molar-refractivity contribution in [1.82, 2.24) is 9.55 Å². The largest absolute Gasteiger partial charge is 0.397 e. The van der Waals surface area contributed by atoms with Gasteiger partial charge in [-0.05, 0) is 52.2 Å². The number of benzene rings is 1. The van der Waals surface area contributed by atoms with Gasteiger partial charge in [-0.2, -0.15) is 14.9 Å². The maximum Gasteiger partial charge on any atom is 0.373 e. The van der Waals surface area contributed by atoms with Crippen LogP contribution in [-0.4, -0.2) is 15.7 Å². The lowest BCUT2D eigenvalue weighted by atomic mass is 10.1. The molecular weight excluding hydrogens is 415 g/mol. The summed E-state index contributed by atoms with van der Waals surface area (Å²) >= 11 is 3.09. The first-order valence-corrected chi connectivity index (χ1v) is 8.46. The van der Waals surface area contributed by atoms with Crippen molar-refractivity contribution in [2.45, 2.75) is 13.5 Å². The minimum absolute atomic E-state index is 0.156. The molecule has 1 aromatic carbocycles. The Kier molecular flexibility index (Phi) is 6.61. The number of hydrogen-bond acceptors (Lipinski definition) is 5. The van der Waals surface area contributed by atoms with Gasteiger partial charge in [-0.15, -0.1) is 0 Å². The minimum Gasteiger partial charge on any atom is -0.397 e. The van der Waals surface area contributed by atoms with Crippen molar-refractivity contribution < 1.29 is 14.0 Å². The van der Waals surface area contributed by atoms with E-state index >= 15 is 0 Å². The van der Waals surface area contributed by atoms with Crippen molar-refractivity contribution in [3.63, 3.8) is 0 Å². The number of anilines is 1. The molecule has 0 aliphatic carbocycles. The Morgan fingerprint density at radius 3 is 2.44 bits per heavy atom. The molecule has 0 unspecified atom stereocenters. The molecule has 2 heterocycles. The van der Waals surface area contributed by atoms with Crippen LogP contribution in [0, 0.1) is 24.1 Å². The van der Waals surface area contributed by atoms with E-state index in [1.807, 2.05) is 29.8 Å². The number of aromatic nitrogens is 2. The molecule has 0 amide bonds. The van der Waals surface area contributed by atoms with Crippen LogP contribution in [0.25, 0.3) is 11.1 Å². The second-order valence-corrected chi connectivity index (χ2v) is 6.32. The van der Waals surface area contributed by atoms with Gasteiger partial charge < -0.3 is 10.3 Å². The fraction of sp³-hybridized carbons (Fsp3) is 0.105. The highest BCUT2D eigenvalue weighted by Gasteiger charge is 2.11. The molecule has 0 spiro atoms. The predicted octanol–water partition coefficient (Wildman–Crippen LogP) is 3.68. The van der Waals surface area contributed by atoms with E-state index < -0.39 is 5.82 Å². The third kappa shape index (κ3) is 4.88. The van der Waals surface area contributed by atoms with Crippen LogP contribution >= 0.6 is 15.9 Å². The summed E-state index contributed by atoms with van der Waals surface area (Å²) in [4.78, 5) is 20.4. The Balaban J connectivity index is 0.000000817. The lowest BCUT2D eigenvalue weighted by Crippen LogP contribution is -2.07. The average molecular weight is 429 g/mol. The van der Waals surface area contributed by atoms with Crippen molar-refractivity contribution in [1.29, 1.82) is 5.26 Å². The van der Waals surface area contributed by atoms with E-state index in [-0.39, 0.29) is 10.8 Å². The third-order valence-electron chi connectivity index (χ3n) is 3.83. The number of rotatable bonds is 3. The zero-order valence-electron chi connectivity index (χ0n) is 14.2. The number of halogens is 2. The SMILES string of the molecule is Cc1cc(-c2ccc(C#N)cc2)cn1Cc1nc(Br)c(F)cc1N.O=C=O. The summed E-state index contributed by atoms with van der Waals surface area (Å²) in [5, 5.41) is 8.88. The molecule has 0 bridgehead atoms. The van der Waals surface area contributed by atoms with Gasteiger partial charge in [0.05, 0.1) is 29.6 Å². The van der Waals surface area contributed by atoms with Gasteiger partial charge in [0.25, 0.3) is 0 Å². The van der Waals surface area contributed by atoms with Gasteiger partial charge in [0.15, 0.2) is 5.82 Å². The van der Waals surface area contributed by atoms with Crippen LogP contribution in [0.15, 0.2) is 47.2 Å². The number of nitrogen functional groups attached to an aromatic ring is 1. The standard InChI is InChI=1S/C18H14BrFN4.CO2/c1-11-6-14(13-4-2-12(8-21)3-5-13)9-24(11)10-17-16(22)7-15(20)18(19)23-17;2-1-3/h2-7,9H,10,22H2,1H3;. The number of aryl methyl sites for hydroxylation is 1. The van der Waals surface area contributed by atoms with E-state index in [0.717, 1.165) is 16.8 Å². The van der Waals surface area contributed by atoms with Gasteiger partial charge in [-0.1, -0.05) is 12.1 Å². The van der Waals surface area contributed by atoms with Gasteiger partial charge in [0, 0.05) is 18.0 Å². The van der Waals surface area contributed by atoms with E-state index in [1.54, 1.807) is 12.1 Å². The Labute approximate surface area is 163 Å². The van der Waals surface area contributed by atoms with Gasteiger partial charge >= 0.3 is 6.15 Å². The van der Waals surface area contributed by atoms with Gasteiger partial charge in [0.1, 0.15) is 4.60 Å². The highest BCUT2D eigenvalue weighted by atomic mass is 79.9. The van der Waals surface area contributed by atoms with Crippen molar-refractivity contribution in [3.05, 3.63) is 70.0 Å². The topological polar surface area (TPSA) is 102 Å². The number of nitriles is 1. The summed E-state index contributed by atoms with van der Waals surface area (Å²) in [5.74, 6) is -0.473. The molecule has 2 N–H and O–H groups in total. The van der Waals surface area contributed by atoms with Crippen LogP contribution < -0.4 is 5.73 Å². The lowest BCUT2D eigenvalue weighted by molar-refractivity contribution is -0.191. The molecule has 6 nitrogen and oxygen atoms in total. The zero-order valence-corrected chi connectivity index (χ0v) is 15.8. The van der Waals surface area contributed by atoms with E-state index in [1.165, 1.54) is 6.07 Å². The van der Waals surface area contributed by atoms with Crippen LogP contribution in [0.4, 0.5) is 10.1 Å². The molecular formula is C19H14BrFN4O2. The monoisotopic (exact) mass is 428 g/mol. The predicted molar refractivity (Wildman–Crippen MR) is 99.7 cm³/mol. The molecule has 8 heteroatoms. The number of hydrogen-bond donors (Lipinski definition) is 1. The summed E-state index contributed by atoms with van der Waals surface area (Å²) < 4.78 is 15.6. The molecule has 0 fully saturated rings. The molecule has 2 aromatic heterocycles. The number of nitrogens with zero attached hydrogens (tertiary/aromatic N) is 3. The van der Waals surface area contributed by atoms with E-state index in [9.17, 15) is 4.39 Å². The molecule has 27 heavy (non-hydrogen) atoms. The van der Waals surface area contributed by atoms with E-state index in [0.29, 0.717) is 23.5 Å². The first-order valence-electron chi connectivity index (χ1n) is 7.66. The highest BCUT2D eigenvalue weighted by Crippen LogP contribution is 2.25. The second-order valence-electron chi connectivity index (χ2n) is 5.57. The Morgan fingerprint density at radius 1 is 1.22 bits per heavy atom. The molecule has 136 valence electrons. The minimum atomic E-state index is -0.473. The first-order chi connectivity index (χ1) is 12.9. The zero-order chi connectivity index (χ0) is 20.0. The van der Waals surface area contributed by atoms with Gasteiger partial charge in [-0.3, -0.25) is 0 Å². The van der Waals surface area contributed by atoms with Crippen LogP contribution in [-0.2, 0) is 16.1 Å². The number of carbonyl (C=O) groups excluding carboxylic acids is 2. The maximum absolute atomic E-state index is 13.4. The van der Waals surface area contributed by atoms with Gasteiger partial charge in [0.2, 0.25) is 0 Å². The Hall–Kier alpha value is -3.27. The van der Waals surface area contributed by atoms with E-state index in [2.05, 4.69) is 33.0 Å². The molecule has 0 saturated carbocycles. The quantitative estimate of drug-likeness (QED) is 0.640. The average Bonchev–Trinajstić information content (AvgIpc) is 3.01. The number of pyridine rings is 1. The maximum atomic E-state index is 13.4. The molecule has 0 aliphatic rings. The van der Waals surface area contributed by atoms with Crippen LogP contribution in [0.1, 0.15) is 17.0 Å². The summed E-state index contributed by atoms with van der Waals surface area (Å²) in [6, 6.07) is 12.8. The molecule has 0 aliphatic heterocycles. The molecule has 0 atom stereocenters. The van der Waals surface area contributed by atoms with E-state index in [4.69, 9.17) is 20.6 Å². The first kappa shape index (κ1) is 20.0. The van der Waals surface area contributed by atoms with Crippen LogP contribution in [0.2, 0.25) is 0 Å². The smallest absolute Gasteiger partial charge is 0.373 e. The summed E-state index contributed by atoms with van der Waals surface area (Å²) in [6.45, 7) is 2.44. The van der Waals surface area contributed by atoms with Crippen molar-refractivity contribution in [2.75, 3.05) is 5.73 Å². The Bertz CT molecular complexity index is 1030. The molecule has 3 rings (SSSR count).